The van der Waals surface area contributed by atoms with E-state index >= 15 is 0 Å². The van der Waals surface area contributed by atoms with Crippen LogP contribution in [-0.2, 0) is 0 Å². The number of furan rings is 1. The maximum Gasteiger partial charge on any atom is 0.182 e. The number of fused-ring (bicyclic) bond motifs is 3. The van der Waals surface area contributed by atoms with E-state index < -0.39 is 5.92 Å². The molecule has 0 aliphatic rings. The van der Waals surface area contributed by atoms with Gasteiger partial charge in [-0.05, 0) is 64.7 Å². The first kappa shape index (κ1) is 29.9. The lowest BCUT2D eigenvalue weighted by Gasteiger charge is -2.25. The third kappa shape index (κ3) is 4.76. The molecule has 9 heteroatoms. The van der Waals surface area contributed by atoms with Crippen LogP contribution in [0.4, 0.5) is 22.7 Å². The van der Waals surface area contributed by atoms with Crippen molar-refractivity contribution in [2.24, 2.45) is 0 Å². The molecular formula is C39H14N8O. The molecule has 0 amide bonds. The lowest BCUT2D eigenvalue weighted by Crippen LogP contribution is -2.10. The molecule has 0 N–H and O–H groups in total. The molecule has 1 aromatic heterocycles. The summed E-state index contributed by atoms with van der Waals surface area (Å²) in [5.74, 6) is -1.19. The monoisotopic (exact) mass is 610 g/mol. The highest BCUT2D eigenvalue weighted by Gasteiger charge is 2.30. The van der Waals surface area contributed by atoms with Gasteiger partial charge in [-0.2, -0.15) is 21.0 Å². The van der Waals surface area contributed by atoms with Gasteiger partial charge in [-0.1, -0.05) is 36.4 Å². The Morgan fingerprint density at radius 3 is 1.56 bits per heavy atom. The first-order chi connectivity index (χ1) is 23.4. The normalized spacial score (nSPS) is 10.1. The standard InChI is InChI=1S/C39H14N8O/c1-44-28-13-26(20-42)37(32(16-28)46-3)39(38-27(21-43)14-29(45-2)17-33(38)47-4)23-11-24(18-40)36(25(12-23)19-41)22-9-10-31-30-7-5-6-8-34(30)48-35(31)15-22/h5-17,39H. The first-order valence-electron chi connectivity index (χ1n) is 14.0. The quantitative estimate of drug-likeness (QED) is 0.145. The molecular weight excluding hydrogens is 596 g/mol. The van der Waals surface area contributed by atoms with E-state index in [2.05, 4.69) is 31.5 Å². The molecule has 5 aromatic carbocycles. The average Bonchev–Trinajstić information content (AvgIpc) is 3.51. The van der Waals surface area contributed by atoms with Crippen LogP contribution in [0.2, 0.25) is 0 Å². The first-order valence-corrected chi connectivity index (χ1v) is 14.0. The van der Waals surface area contributed by atoms with Crippen molar-refractivity contribution in [2.45, 2.75) is 5.92 Å². The van der Waals surface area contributed by atoms with Crippen LogP contribution in [0.25, 0.3) is 52.4 Å². The third-order valence-corrected chi connectivity index (χ3v) is 8.01. The molecule has 0 atom stereocenters. The molecule has 0 saturated heterocycles. The largest absolute Gasteiger partial charge is 0.456 e. The van der Waals surface area contributed by atoms with Crippen molar-refractivity contribution < 1.29 is 4.42 Å². The van der Waals surface area contributed by atoms with Crippen LogP contribution in [0.1, 0.15) is 44.9 Å². The summed E-state index contributed by atoms with van der Waals surface area (Å²) in [4.78, 5) is 14.0. The van der Waals surface area contributed by atoms with Gasteiger partial charge in [0.1, 0.15) is 11.2 Å². The van der Waals surface area contributed by atoms with E-state index in [1.807, 2.05) is 42.5 Å². The van der Waals surface area contributed by atoms with Crippen LogP contribution in [0.5, 0.6) is 0 Å². The molecule has 0 bridgehead atoms. The van der Waals surface area contributed by atoms with Crippen LogP contribution in [-0.4, -0.2) is 0 Å². The minimum Gasteiger partial charge on any atom is -0.456 e. The lowest BCUT2D eigenvalue weighted by atomic mass is 9.77. The summed E-state index contributed by atoms with van der Waals surface area (Å²) in [6, 6.07) is 29.7. The van der Waals surface area contributed by atoms with E-state index in [0.29, 0.717) is 22.3 Å². The molecule has 6 rings (SSSR count). The summed E-state index contributed by atoms with van der Waals surface area (Å²) < 4.78 is 6.05. The zero-order valence-corrected chi connectivity index (χ0v) is 24.6. The molecule has 0 aliphatic carbocycles. The van der Waals surface area contributed by atoms with Gasteiger partial charge in [0, 0.05) is 33.4 Å². The minimum absolute atomic E-state index is 0.0427. The highest BCUT2D eigenvalue weighted by Crippen LogP contribution is 2.48. The van der Waals surface area contributed by atoms with E-state index in [1.165, 1.54) is 36.4 Å². The number of nitrogens with zero attached hydrogens (tertiary/aromatic N) is 8. The third-order valence-electron chi connectivity index (χ3n) is 8.01. The Morgan fingerprint density at radius 1 is 0.542 bits per heavy atom. The Kier molecular flexibility index (Phi) is 7.51. The van der Waals surface area contributed by atoms with Crippen molar-refractivity contribution in [3.63, 3.8) is 0 Å². The number of hydrogen-bond acceptors (Lipinski definition) is 5. The molecule has 0 fully saturated rings. The summed E-state index contributed by atoms with van der Waals surface area (Å²) in [5, 5.41) is 43.2. The second-order valence-electron chi connectivity index (χ2n) is 10.5. The van der Waals surface area contributed by atoms with Gasteiger partial charge in [0.25, 0.3) is 0 Å². The van der Waals surface area contributed by atoms with Gasteiger partial charge in [-0.3, -0.25) is 0 Å². The predicted molar refractivity (Wildman–Crippen MR) is 177 cm³/mol. The number of hydrogen-bond donors (Lipinski definition) is 0. The molecule has 48 heavy (non-hydrogen) atoms. The Morgan fingerprint density at radius 2 is 1.06 bits per heavy atom. The van der Waals surface area contributed by atoms with Crippen molar-refractivity contribution in [3.05, 3.63) is 163 Å². The Labute approximate surface area is 274 Å². The highest BCUT2D eigenvalue weighted by molar-refractivity contribution is 6.06. The smallest absolute Gasteiger partial charge is 0.182 e. The molecule has 0 radical (unpaired) electrons. The van der Waals surface area contributed by atoms with E-state index in [4.69, 9.17) is 30.7 Å². The fraction of sp³-hybridized carbons (Fsp3) is 0.0256. The Bertz CT molecular complexity index is 2530. The number of benzene rings is 5. The molecule has 0 spiro atoms. The van der Waals surface area contributed by atoms with Gasteiger partial charge in [0.2, 0.25) is 0 Å². The van der Waals surface area contributed by atoms with E-state index in [9.17, 15) is 21.0 Å². The van der Waals surface area contributed by atoms with Crippen molar-refractivity contribution in [3.8, 4) is 35.4 Å². The van der Waals surface area contributed by atoms with Crippen LogP contribution in [0.3, 0.4) is 0 Å². The highest BCUT2D eigenvalue weighted by atomic mass is 16.3. The molecule has 0 saturated carbocycles. The van der Waals surface area contributed by atoms with Crippen LogP contribution in [0, 0.1) is 71.6 Å². The number of para-hydroxylation sites is 1. The molecule has 216 valence electrons. The fourth-order valence-corrected chi connectivity index (χ4v) is 6.03. The molecule has 1 heterocycles. The van der Waals surface area contributed by atoms with Crippen molar-refractivity contribution in [2.75, 3.05) is 0 Å². The van der Waals surface area contributed by atoms with E-state index in [0.717, 1.165) is 10.8 Å². The molecule has 0 unspecified atom stereocenters. The maximum atomic E-state index is 10.5. The van der Waals surface area contributed by atoms with Gasteiger partial charge in [-0.25, -0.2) is 19.4 Å². The molecule has 6 aromatic rings. The SMILES string of the molecule is [C-]#[N+]c1cc(C#N)c(C(c2cc(C#N)c(-c3ccc4c(c3)oc3ccccc34)c(C#N)c2)c2c(C#N)cc([N+]#[C-])cc2[N+]#[C-])c([N+]#[C-])c1. The Hall–Kier alpha value is -8.18. The summed E-state index contributed by atoms with van der Waals surface area (Å²) in [6.45, 7) is 30.9. The van der Waals surface area contributed by atoms with Gasteiger partial charge in [0.05, 0.1) is 61.7 Å². The van der Waals surface area contributed by atoms with Gasteiger partial charge >= 0.3 is 0 Å². The van der Waals surface area contributed by atoms with Crippen molar-refractivity contribution in [1.82, 2.24) is 0 Å². The second kappa shape index (κ2) is 12.1. The molecule has 0 aliphatic heterocycles. The summed E-state index contributed by atoms with van der Waals surface area (Å²) in [5.41, 5.74) is 2.58. The second-order valence-corrected chi connectivity index (χ2v) is 10.5. The Balaban J connectivity index is 1.70. The summed E-state index contributed by atoms with van der Waals surface area (Å²) in [7, 11) is 0. The van der Waals surface area contributed by atoms with E-state index in [1.54, 1.807) is 12.1 Å². The lowest BCUT2D eigenvalue weighted by molar-refractivity contribution is 0.669. The minimum atomic E-state index is -1.19. The fourth-order valence-electron chi connectivity index (χ4n) is 6.03. The van der Waals surface area contributed by atoms with Gasteiger partial charge in [0.15, 0.2) is 22.7 Å². The average molecular weight is 611 g/mol. The zero-order valence-electron chi connectivity index (χ0n) is 24.6. The maximum absolute atomic E-state index is 10.5. The van der Waals surface area contributed by atoms with Crippen LogP contribution >= 0.6 is 0 Å². The van der Waals surface area contributed by atoms with Crippen molar-refractivity contribution >= 4 is 44.7 Å². The van der Waals surface area contributed by atoms with Crippen LogP contribution in [0.15, 0.2) is 83.3 Å². The van der Waals surface area contributed by atoms with Crippen molar-refractivity contribution in [1.29, 1.82) is 21.0 Å². The van der Waals surface area contributed by atoms with Gasteiger partial charge in [-0.15, -0.1) is 0 Å². The molecule has 9 nitrogen and oxygen atoms in total. The van der Waals surface area contributed by atoms with Gasteiger partial charge < -0.3 is 4.42 Å². The summed E-state index contributed by atoms with van der Waals surface area (Å²) in [6.07, 6.45) is 0. The van der Waals surface area contributed by atoms with E-state index in [-0.39, 0.29) is 61.7 Å². The predicted octanol–water partition coefficient (Wildman–Crippen LogP) is 10.1. The zero-order chi connectivity index (χ0) is 33.9. The van der Waals surface area contributed by atoms with Crippen LogP contribution < -0.4 is 0 Å². The number of rotatable bonds is 4. The topological polar surface area (TPSA) is 126 Å². The number of nitriles is 4. The summed E-state index contributed by atoms with van der Waals surface area (Å²) >= 11 is 0.